The van der Waals surface area contributed by atoms with E-state index in [9.17, 15) is 22.8 Å². The van der Waals surface area contributed by atoms with Crippen molar-refractivity contribution in [3.63, 3.8) is 0 Å². The zero-order valence-corrected chi connectivity index (χ0v) is 14.3. The third kappa shape index (κ3) is 3.98. The van der Waals surface area contributed by atoms with Crippen LogP contribution >= 0.6 is 0 Å². The number of rotatable bonds is 5. The highest BCUT2D eigenvalue weighted by atomic mass is 19.2. The Morgan fingerprint density at radius 3 is 2.64 bits per heavy atom. The highest BCUT2D eigenvalue weighted by Crippen LogP contribution is 2.20. The maximum Gasteiger partial charge on any atom is 0.338 e. The van der Waals surface area contributed by atoms with Gasteiger partial charge in [-0.2, -0.15) is 0 Å². The van der Waals surface area contributed by atoms with Crippen molar-refractivity contribution in [1.82, 2.24) is 20.2 Å². The van der Waals surface area contributed by atoms with Crippen LogP contribution in [0.1, 0.15) is 17.3 Å². The van der Waals surface area contributed by atoms with Gasteiger partial charge in [-0.05, 0) is 47.7 Å². The largest absolute Gasteiger partial charge is 0.449 e. The molecule has 0 unspecified atom stereocenters. The Morgan fingerprint density at radius 2 is 1.93 bits per heavy atom. The van der Waals surface area contributed by atoms with Gasteiger partial charge < -0.3 is 10.1 Å². The first-order valence-corrected chi connectivity index (χ1v) is 7.85. The van der Waals surface area contributed by atoms with Gasteiger partial charge in [-0.1, -0.05) is 6.07 Å². The quantitative estimate of drug-likeness (QED) is 0.529. The summed E-state index contributed by atoms with van der Waals surface area (Å²) in [5.74, 6) is -6.42. The van der Waals surface area contributed by atoms with Crippen LogP contribution in [-0.2, 0) is 9.53 Å². The van der Waals surface area contributed by atoms with E-state index in [4.69, 9.17) is 4.74 Å². The zero-order chi connectivity index (χ0) is 20.3. The number of amides is 1. The van der Waals surface area contributed by atoms with E-state index in [2.05, 4.69) is 15.5 Å². The SMILES string of the molecule is C[C@@H](OC(=O)c1cccc(-n2cnnn2)c1)C(=O)Nc1ccc(F)c(F)c1F. The molecule has 0 aliphatic carbocycles. The van der Waals surface area contributed by atoms with Crippen LogP contribution in [0.2, 0.25) is 0 Å². The number of tetrazole rings is 1. The minimum atomic E-state index is -1.72. The summed E-state index contributed by atoms with van der Waals surface area (Å²) < 4.78 is 46.2. The number of nitrogens with one attached hydrogen (secondary N) is 1. The topological polar surface area (TPSA) is 99.0 Å². The maximum atomic E-state index is 13.6. The molecule has 3 rings (SSSR count). The molecule has 0 spiro atoms. The average molecular weight is 391 g/mol. The lowest BCUT2D eigenvalue weighted by molar-refractivity contribution is -0.123. The fraction of sp³-hybridized carbons (Fsp3) is 0.118. The van der Waals surface area contributed by atoms with Crippen LogP contribution < -0.4 is 5.32 Å². The van der Waals surface area contributed by atoms with E-state index < -0.39 is 41.1 Å². The van der Waals surface area contributed by atoms with Crippen molar-refractivity contribution in [2.45, 2.75) is 13.0 Å². The lowest BCUT2D eigenvalue weighted by atomic mass is 10.2. The van der Waals surface area contributed by atoms with E-state index in [1.165, 1.54) is 30.1 Å². The predicted octanol–water partition coefficient (Wildman–Crippen LogP) is 2.26. The smallest absolute Gasteiger partial charge is 0.338 e. The molecule has 3 aromatic rings. The Bertz CT molecular complexity index is 1030. The molecule has 0 bridgehead atoms. The minimum absolute atomic E-state index is 0.117. The monoisotopic (exact) mass is 391 g/mol. The fourth-order valence-electron chi connectivity index (χ4n) is 2.19. The zero-order valence-electron chi connectivity index (χ0n) is 14.3. The van der Waals surface area contributed by atoms with Gasteiger partial charge in [0.1, 0.15) is 6.33 Å². The Labute approximate surface area is 155 Å². The van der Waals surface area contributed by atoms with E-state index in [1.807, 2.05) is 5.32 Å². The molecule has 0 saturated carbocycles. The first-order chi connectivity index (χ1) is 13.4. The average Bonchev–Trinajstić information content (AvgIpc) is 3.23. The van der Waals surface area contributed by atoms with Gasteiger partial charge >= 0.3 is 5.97 Å². The molecule has 2 aromatic carbocycles. The summed E-state index contributed by atoms with van der Waals surface area (Å²) in [5.41, 5.74) is 0.0274. The van der Waals surface area contributed by atoms with Crippen molar-refractivity contribution in [3.05, 3.63) is 65.7 Å². The molecular formula is C17H12F3N5O3. The molecule has 1 aromatic heterocycles. The van der Waals surface area contributed by atoms with E-state index in [-0.39, 0.29) is 5.56 Å². The molecule has 144 valence electrons. The number of hydrogen-bond acceptors (Lipinski definition) is 6. The van der Waals surface area contributed by atoms with Gasteiger partial charge in [0.15, 0.2) is 23.6 Å². The predicted molar refractivity (Wildman–Crippen MR) is 89.0 cm³/mol. The lowest BCUT2D eigenvalue weighted by Gasteiger charge is -2.14. The number of nitrogens with zero attached hydrogens (tertiary/aromatic N) is 4. The van der Waals surface area contributed by atoms with E-state index in [1.54, 1.807) is 12.1 Å². The van der Waals surface area contributed by atoms with Crippen LogP contribution in [0.25, 0.3) is 5.69 Å². The number of aromatic nitrogens is 4. The van der Waals surface area contributed by atoms with Crippen LogP contribution in [0.5, 0.6) is 0 Å². The van der Waals surface area contributed by atoms with Gasteiger partial charge in [0.05, 0.1) is 16.9 Å². The summed E-state index contributed by atoms with van der Waals surface area (Å²) in [6.45, 7) is 1.25. The standard InChI is InChI=1S/C17H12F3N5O3/c1-9(16(26)22-13-6-5-12(18)14(19)15(13)20)28-17(27)10-3-2-4-11(7-10)25-8-21-23-24-25/h2-9H,1H3,(H,22,26)/t9-/m1/s1. The highest BCUT2D eigenvalue weighted by Gasteiger charge is 2.22. The summed E-state index contributed by atoms with van der Waals surface area (Å²) >= 11 is 0. The Morgan fingerprint density at radius 1 is 1.14 bits per heavy atom. The summed E-state index contributed by atoms with van der Waals surface area (Å²) in [4.78, 5) is 24.3. The molecule has 0 saturated heterocycles. The number of carbonyl (C=O) groups excluding carboxylic acids is 2. The second-order valence-electron chi connectivity index (χ2n) is 5.56. The van der Waals surface area contributed by atoms with Crippen molar-refractivity contribution in [3.8, 4) is 5.69 Å². The minimum Gasteiger partial charge on any atom is -0.449 e. The molecule has 8 nitrogen and oxygen atoms in total. The number of ether oxygens (including phenoxy) is 1. The van der Waals surface area contributed by atoms with Crippen molar-refractivity contribution in [1.29, 1.82) is 0 Å². The molecule has 1 atom stereocenters. The normalized spacial score (nSPS) is 11.7. The first-order valence-electron chi connectivity index (χ1n) is 7.85. The summed E-state index contributed by atoms with van der Waals surface area (Å²) in [5, 5.41) is 12.7. The van der Waals surface area contributed by atoms with Crippen molar-refractivity contribution >= 4 is 17.6 Å². The molecule has 0 aliphatic rings. The number of esters is 1. The molecule has 1 N–H and O–H groups in total. The molecule has 0 fully saturated rings. The second-order valence-corrected chi connectivity index (χ2v) is 5.56. The van der Waals surface area contributed by atoms with Crippen molar-refractivity contribution in [2.75, 3.05) is 5.32 Å². The van der Waals surface area contributed by atoms with Crippen LogP contribution in [0, 0.1) is 17.5 Å². The fourth-order valence-corrected chi connectivity index (χ4v) is 2.19. The van der Waals surface area contributed by atoms with E-state index >= 15 is 0 Å². The van der Waals surface area contributed by atoms with Gasteiger partial charge in [0.25, 0.3) is 5.91 Å². The second kappa shape index (κ2) is 7.86. The molecule has 1 amide bonds. The van der Waals surface area contributed by atoms with Gasteiger partial charge in [-0.3, -0.25) is 4.79 Å². The molecule has 0 radical (unpaired) electrons. The van der Waals surface area contributed by atoms with Crippen molar-refractivity contribution < 1.29 is 27.5 Å². The third-order valence-corrected chi connectivity index (χ3v) is 3.64. The third-order valence-electron chi connectivity index (χ3n) is 3.64. The molecular weight excluding hydrogens is 379 g/mol. The van der Waals surface area contributed by atoms with Crippen LogP contribution in [0.15, 0.2) is 42.7 Å². The number of carbonyl (C=O) groups is 2. The van der Waals surface area contributed by atoms with E-state index in [0.717, 1.165) is 6.07 Å². The van der Waals surface area contributed by atoms with Gasteiger partial charge in [-0.25, -0.2) is 22.6 Å². The summed E-state index contributed by atoms with van der Waals surface area (Å²) in [6.07, 6.45) is -0.00614. The molecule has 28 heavy (non-hydrogen) atoms. The van der Waals surface area contributed by atoms with Crippen molar-refractivity contribution in [2.24, 2.45) is 0 Å². The molecule has 11 heteroatoms. The van der Waals surface area contributed by atoms with Crippen LogP contribution in [0.3, 0.4) is 0 Å². The Hall–Kier alpha value is -3.76. The molecule has 1 heterocycles. The molecule has 0 aliphatic heterocycles. The first kappa shape index (κ1) is 19.0. The van der Waals surface area contributed by atoms with E-state index in [0.29, 0.717) is 11.8 Å². The number of hydrogen-bond donors (Lipinski definition) is 1. The van der Waals surface area contributed by atoms with Gasteiger partial charge in [-0.15, -0.1) is 5.10 Å². The number of anilines is 1. The Kier molecular flexibility index (Phi) is 5.34. The lowest BCUT2D eigenvalue weighted by Crippen LogP contribution is -2.30. The van der Waals surface area contributed by atoms with Gasteiger partial charge in [0.2, 0.25) is 0 Å². The summed E-state index contributed by atoms with van der Waals surface area (Å²) in [7, 11) is 0. The highest BCUT2D eigenvalue weighted by molar-refractivity contribution is 5.97. The summed E-state index contributed by atoms with van der Waals surface area (Å²) in [6, 6.07) is 7.63. The van der Waals surface area contributed by atoms with Gasteiger partial charge in [0, 0.05) is 0 Å². The maximum absolute atomic E-state index is 13.6. The van der Waals surface area contributed by atoms with Crippen LogP contribution in [0.4, 0.5) is 18.9 Å². The number of halogens is 3. The number of benzene rings is 2. The Balaban J connectivity index is 1.68. The van der Waals surface area contributed by atoms with Crippen LogP contribution in [-0.4, -0.2) is 38.2 Å².